The van der Waals surface area contributed by atoms with Gasteiger partial charge in [-0.05, 0) is 30.3 Å². The molecule has 0 bridgehead atoms. The van der Waals surface area contributed by atoms with Crippen molar-refractivity contribution in [1.82, 2.24) is 9.38 Å². The van der Waals surface area contributed by atoms with Crippen molar-refractivity contribution in [2.24, 2.45) is 0 Å². The SMILES string of the molecule is COc1ccn2c1cnc1c(N3CCN(c4ccccc4)CC3)cccc12. The average molecular weight is 358 g/mol. The maximum atomic E-state index is 5.44. The second-order valence-electron chi connectivity index (χ2n) is 6.85. The lowest BCUT2D eigenvalue weighted by molar-refractivity contribution is 0.420. The van der Waals surface area contributed by atoms with Gasteiger partial charge in [0, 0.05) is 38.1 Å². The van der Waals surface area contributed by atoms with E-state index in [9.17, 15) is 0 Å². The van der Waals surface area contributed by atoms with Crippen molar-refractivity contribution >= 4 is 27.9 Å². The molecule has 136 valence electrons. The van der Waals surface area contributed by atoms with Crippen LogP contribution < -0.4 is 14.5 Å². The van der Waals surface area contributed by atoms with E-state index in [2.05, 4.69) is 68.9 Å². The van der Waals surface area contributed by atoms with Crippen LogP contribution in [0, 0.1) is 0 Å². The molecule has 4 aromatic rings. The van der Waals surface area contributed by atoms with Crippen molar-refractivity contribution in [2.75, 3.05) is 43.1 Å². The van der Waals surface area contributed by atoms with Crippen LogP contribution in [0.4, 0.5) is 11.4 Å². The number of anilines is 2. The van der Waals surface area contributed by atoms with Gasteiger partial charge in [0.2, 0.25) is 0 Å². The normalized spacial score (nSPS) is 14.9. The fraction of sp³-hybridized carbons (Fsp3) is 0.227. The molecule has 1 saturated heterocycles. The Labute approximate surface area is 158 Å². The van der Waals surface area contributed by atoms with E-state index in [1.54, 1.807) is 7.11 Å². The van der Waals surface area contributed by atoms with Crippen LogP contribution in [-0.4, -0.2) is 42.7 Å². The zero-order chi connectivity index (χ0) is 18.2. The molecule has 3 heterocycles. The monoisotopic (exact) mass is 358 g/mol. The molecule has 5 nitrogen and oxygen atoms in total. The third-order valence-electron chi connectivity index (χ3n) is 5.42. The van der Waals surface area contributed by atoms with Crippen molar-refractivity contribution in [3.05, 3.63) is 67.0 Å². The number of ether oxygens (including phenoxy) is 1. The summed E-state index contributed by atoms with van der Waals surface area (Å²) in [5.41, 5.74) is 5.65. The summed E-state index contributed by atoms with van der Waals surface area (Å²) in [6.07, 6.45) is 3.96. The highest BCUT2D eigenvalue weighted by Crippen LogP contribution is 2.30. The Morgan fingerprint density at radius 3 is 2.37 bits per heavy atom. The van der Waals surface area contributed by atoms with Gasteiger partial charge in [-0.1, -0.05) is 24.3 Å². The quantitative estimate of drug-likeness (QED) is 0.557. The minimum Gasteiger partial charge on any atom is -0.494 e. The van der Waals surface area contributed by atoms with Gasteiger partial charge in [0.05, 0.1) is 24.5 Å². The lowest BCUT2D eigenvalue weighted by atomic mass is 10.2. The molecule has 27 heavy (non-hydrogen) atoms. The van der Waals surface area contributed by atoms with Crippen LogP contribution in [0.2, 0.25) is 0 Å². The molecule has 5 rings (SSSR count). The van der Waals surface area contributed by atoms with Crippen LogP contribution in [0.15, 0.2) is 67.0 Å². The second-order valence-corrected chi connectivity index (χ2v) is 6.85. The number of para-hydroxylation sites is 2. The number of benzene rings is 2. The highest BCUT2D eigenvalue weighted by atomic mass is 16.5. The molecule has 2 aromatic heterocycles. The van der Waals surface area contributed by atoms with Crippen molar-refractivity contribution in [2.45, 2.75) is 0 Å². The number of rotatable bonds is 3. The van der Waals surface area contributed by atoms with Crippen molar-refractivity contribution < 1.29 is 4.74 Å². The standard InChI is InChI=1S/C22H22N4O/c1-27-21-10-11-26-19-9-5-8-18(22(19)23-16-20(21)26)25-14-12-24(13-15-25)17-6-3-2-4-7-17/h2-11,16H,12-15H2,1H3. The summed E-state index contributed by atoms with van der Waals surface area (Å²) in [6.45, 7) is 4.01. The molecular weight excluding hydrogens is 336 g/mol. The highest BCUT2D eigenvalue weighted by molar-refractivity contribution is 5.91. The number of nitrogens with zero attached hydrogens (tertiary/aromatic N) is 4. The third kappa shape index (κ3) is 2.67. The van der Waals surface area contributed by atoms with E-state index in [-0.39, 0.29) is 0 Å². The average Bonchev–Trinajstić information content (AvgIpc) is 3.18. The molecule has 0 radical (unpaired) electrons. The van der Waals surface area contributed by atoms with Gasteiger partial charge in [-0.25, -0.2) is 0 Å². The van der Waals surface area contributed by atoms with Gasteiger partial charge >= 0.3 is 0 Å². The summed E-state index contributed by atoms with van der Waals surface area (Å²) in [5, 5.41) is 0. The maximum absolute atomic E-state index is 5.44. The summed E-state index contributed by atoms with van der Waals surface area (Å²) >= 11 is 0. The molecule has 0 unspecified atom stereocenters. The predicted molar refractivity (Wildman–Crippen MR) is 110 cm³/mol. The lowest BCUT2D eigenvalue weighted by Gasteiger charge is -2.37. The smallest absolute Gasteiger partial charge is 0.145 e. The van der Waals surface area contributed by atoms with Crippen LogP contribution in [0.25, 0.3) is 16.6 Å². The molecular formula is C22H22N4O. The van der Waals surface area contributed by atoms with E-state index in [1.165, 1.54) is 11.4 Å². The Morgan fingerprint density at radius 2 is 1.59 bits per heavy atom. The molecule has 1 fully saturated rings. The van der Waals surface area contributed by atoms with E-state index < -0.39 is 0 Å². The van der Waals surface area contributed by atoms with Gasteiger partial charge < -0.3 is 18.9 Å². The Kier molecular flexibility index (Phi) is 3.85. The number of fused-ring (bicyclic) bond motifs is 3. The zero-order valence-electron chi connectivity index (χ0n) is 15.4. The summed E-state index contributed by atoms with van der Waals surface area (Å²) < 4.78 is 7.60. The molecule has 1 aliphatic heterocycles. The Bertz CT molecular complexity index is 1080. The predicted octanol–water partition coefficient (Wildman–Crippen LogP) is 3.82. The van der Waals surface area contributed by atoms with Gasteiger partial charge in [-0.2, -0.15) is 0 Å². The summed E-state index contributed by atoms with van der Waals surface area (Å²) in [7, 11) is 1.70. The van der Waals surface area contributed by atoms with Crippen molar-refractivity contribution in [1.29, 1.82) is 0 Å². The fourth-order valence-electron chi connectivity index (χ4n) is 4.01. The molecule has 0 N–H and O–H groups in total. The number of methoxy groups -OCH3 is 1. The Morgan fingerprint density at radius 1 is 0.815 bits per heavy atom. The molecule has 0 aliphatic carbocycles. The van der Waals surface area contributed by atoms with E-state index in [1.807, 2.05) is 12.3 Å². The van der Waals surface area contributed by atoms with Gasteiger partial charge in [0.25, 0.3) is 0 Å². The number of hydrogen-bond acceptors (Lipinski definition) is 4. The lowest BCUT2D eigenvalue weighted by Crippen LogP contribution is -2.46. The maximum Gasteiger partial charge on any atom is 0.145 e. The molecule has 0 spiro atoms. The summed E-state index contributed by atoms with van der Waals surface area (Å²) in [6, 6.07) is 19.1. The Hall–Kier alpha value is -3.21. The first-order chi connectivity index (χ1) is 13.3. The van der Waals surface area contributed by atoms with Gasteiger partial charge in [-0.15, -0.1) is 0 Å². The van der Waals surface area contributed by atoms with Crippen LogP contribution in [0.1, 0.15) is 0 Å². The molecule has 0 saturated carbocycles. The molecule has 0 atom stereocenters. The highest BCUT2D eigenvalue weighted by Gasteiger charge is 2.20. The van der Waals surface area contributed by atoms with Crippen LogP contribution in [0.5, 0.6) is 5.75 Å². The first-order valence-corrected chi connectivity index (χ1v) is 9.33. The third-order valence-corrected chi connectivity index (χ3v) is 5.42. The second kappa shape index (κ2) is 6.50. The number of aromatic nitrogens is 2. The van der Waals surface area contributed by atoms with E-state index >= 15 is 0 Å². The van der Waals surface area contributed by atoms with Crippen LogP contribution in [0.3, 0.4) is 0 Å². The topological polar surface area (TPSA) is 33.0 Å². The minimum absolute atomic E-state index is 0.853. The summed E-state index contributed by atoms with van der Waals surface area (Å²) in [4.78, 5) is 9.68. The van der Waals surface area contributed by atoms with Gasteiger partial charge in [0.15, 0.2) is 0 Å². The first kappa shape index (κ1) is 16.0. The first-order valence-electron chi connectivity index (χ1n) is 9.33. The fourth-order valence-corrected chi connectivity index (χ4v) is 4.01. The zero-order valence-corrected chi connectivity index (χ0v) is 15.4. The van der Waals surface area contributed by atoms with Crippen molar-refractivity contribution in [3.8, 4) is 5.75 Å². The largest absolute Gasteiger partial charge is 0.494 e. The van der Waals surface area contributed by atoms with E-state index in [4.69, 9.17) is 9.72 Å². The molecule has 0 amide bonds. The molecule has 2 aromatic carbocycles. The van der Waals surface area contributed by atoms with Gasteiger partial charge in [0.1, 0.15) is 16.8 Å². The number of piperazine rings is 1. The van der Waals surface area contributed by atoms with E-state index in [0.29, 0.717) is 0 Å². The van der Waals surface area contributed by atoms with Crippen LogP contribution in [-0.2, 0) is 0 Å². The van der Waals surface area contributed by atoms with Gasteiger partial charge in [-0.3, -0.25) is 4.98 Å². The molecule has 5 heteroatoms. The minimum atomic E-state index is 0.853. The number of hydrogen-bond donors (Lipinski definition) is 0. The molecule has 1 aliphatic rings. The van der Waals surface area contributed by atoms with Crippen LogP contribution >= 0.6 is 0 Å². The Balaban J connectivity index is 1.47. The van der Waals surface area contributed by atoms with Crippen molar-refractivity contribution in [3.63, 3.8) is 0 Å². The summed E-state index contributed by atoms with van der Waals surface area (Å²) in [5.74, 6) is 0.853. The van der Waals surface area contributed by atoms with E-state index in [0.717, 1.165) is 48.5 Å².